The summed E-state index contributed by atoms with van der Waals surface area (Å²) >= 11 is 0. The molecule has 0 radical (unpaired) electrons. The summed E-state index contributed by atoms with van der Waals surface area (Å²) in [5.74, 6) is -1.07. The smallest absolute Gasteiger partial charge is 0.381 e. The number of allylic oxidation sites excluding steroid dienone is 1. The minimum atomic E-state index is -5.58. The summed E-state index contributed by atoms with van der Waals surface area (Å²) < 4.78 is 83.5. The van der Waals surface area contributed by atoms with Crippen LogP contribution in [0.15, 0.2) is 11.8 Å². The zero-order valence-electron chi connectivity index (χ0n) is 15.7. The third kappa shape index (κ3) is 5.48. The maximum Gasteiger partial charge on any atom is 0.534 e. The Hall–Kier alpha value is -1.21. The second-order valence-corrected chi connectivity index (χ2v) is 8.65. The lowest BCUT2D eigenvalue weighted by molar-refractivity contribution is -0.179. The lowest BCUT2D eigenvalue weighted by Gasteiger charge is -2.30. The van der Waals surface area contributed by atoms with E-state index in [1.807, 2.05) is 0 Å². The van der Waals surface area contributed by atoms with Gasteiger partial charge in [0.2, 0.25) is 0 Å². The highest BCUT2D eigenvalue weighted by molar-refractivity contribution is 7.87. The monoisotopic (exact) mass is 444 g/mol. The van der Waals surface area contributed by atoms with Crippen LogP contribution in [0.1, 0.15) is 44.9 Å². The van der Waals surface area contributed by atoms with Crippen LogP contribution in [-0.4, -0.2) is 57.7 Å². The molecule has 29 heavy (non-hydrogen) atoms. The normalized spacial score (nSPS) is 26.2. The van der Waals surface area contributed by atoms with Gasteiger partial charge in [0.1, 0.15) is 11.5 Å². The van der Waals surface area contributed by atoms with Crippen LogP contribution in [0, 0.1) is 0 Å². The molecule has 1 saturated carbocycles. The fourth-order valence-electron chi connectivity index (χ4n) is 3.51. The number of carbonyl (C=O) groups is 1. The second kappa shape index (κ2) is 8.50. The van der Waals surface area contributed by atoms with Crippen molar-refractivity contribution < 1.29 is 49.5 Å². The van der Waals surface area contributed by atoms with Gasteiger partial charge in [0.05, 0.1) is 26.4 Å². The van der Waals surface area contributed by atoms with Crippen LogP contribution in [0.2, 0.25) is 0 Å². The molecule has 2 aliphatic heterocycles. The molecule has 2 aliphatic carbocycles. The van der Waals surface area contributed by atoms with Crippen LogP contribution in [-0.2, 0) is 38.0 Å². The molecule has 0 unspecified atom stereocenters. The van der Waals surface area contributed by atoms with E-state index in [0.717, 1.165) is 12.8 Å². The number of halogens is 3. The third-order valence-electron chi connectivity index (χ3n) is 5.09. The second-order valence-electron chi connectivity index (χ2n) is 7.11. The number of rotatable bonds is 2. The molecule has 0 amide bonds. The van der Waals surface area contributed by atoms with E-state index < -0.39 is 21.4 Å². The van der Waals surface area contributed by atoms with Gasteiger partial charge >= 0.3 is 15.6 Å². The first kappa shape index (κ1) is 22.5. The predicted molar refractivity (Wildman–Crippen MR) is 90.7 cm³/mol. The molecule has 3 fully saturated rings. The minimum Gasteiger partial charge on any atom is -0.381 e. The van der Waals surface area contributed by atoms with E-state index >= 15 is 0 Å². The van der Waals surface area contributed by atoms with Crippen molar-refractivity contribution in [3.8, 4) is 0 Å². The number of hydrogen-bond acceptors (Lipinski definition) is 8. The molecule has 0 N–H and O–H groups in total. The summed E-state index contributed by atoms with van der Waals surface area (Å²) in [5.41, 5.74) is -5.41. The van der Waals surface area contributed by atoms with Gasteiger partial charge in [0, 0.05) is 44.9 Å². The van der Waals surface area contributed by atoms with E-state index in [-0.39, 0.29) is 30.8 Å². The Balaban J connectivity index is 0.000000186. The number of ether oxygens (including phenoxy) is 4. The number of Topliss-reactive ketones (excluding diaryl/α,β-unsaturated/α-hetero) is 1. The first-order chi connectivity index (χ1) is 13.6. The Morgan fingerprint density at radius 1 is 0.862 bits per heavy atom. The first-order valence-electron chi connectivity index (χ1n) is 9.32. The van der Waals surface area contributed by atoms with Gasteiger partial charge in [0.15, 0.2) is 11.6 Å². The molecule has 2 heterocycles. The van der Waals surface area contributed by atoms with Crippen LogP contribution in [0.3, 0.4) is 0 Å². The molecule has 4 aliphatic rings. The largest absolute Gasteiger partial charge is 0.534 e. The van der Waals surface area contributed by atoms with Crippen molar-refractivity contribution in [2.45, 2.75) is 62.0 Å². The molecular formula is C17H23F3O8S. The molecule has 166 valence electrons. The molecule has 0 aromatic carbocycles. The van der Waals surface area contributed by atoms with Crippen molar-refractivity contribution in [2.24, 2.45) is 0 Å². The molecule has 8 nitrogen and oxygen atoms in total. The highest BCUT2D eigenvalue weighted by Crippen LogP contribution is 2.37. The van der Waals surface area contributed by atoms with Gasteiger partial charge in [-0.05, 0) is 6.08 Å². The minimum absolute atomic E-state index is 0.0231. The van der Waals surface area contributed by atoms with E-state index in [0.29, 0.717) is 45.1 Å². The molecule has 12 heteroatoms. The van der Waals surface area contributed by atoms with E-state index in [9.17, 15) is 26.4 Å². The maximum absolute atomic E-state index is 12.1. The molecule has 2 saturated heterocycles. The molecule has 2 spiro atoms. The Bertz CT molecular complexity index is 722. The van der Waals surface area contributed by atoms with Gasteiger partial charge in [-0.3, -0.25) is 4.79 Å². The molecular weight excluding hydrogens is 421 g/mol. The number of hydrogen-bond donors (Lipinski definition) is 0. The fourth-order valence-corrected chi connectivity index (χ4v) is 4.03. The topological polar surface area (TPSA) is 97.4 Å². The average molecular weight is 444 g/mol. The summed E-state index contributed by atoms with van der Waals surface area (Å²) in [7, 11) is -5.58. The van der Waals surface area contributed by atoms with Crippen molar-refractivity contribution in [1.29, 1.82) is 0 Å². The van der Waals surface area contributed by atoms with Crippen LogP contribution in [0.25, 0.3) is 0 Å². The van der Waals surface area contributed by atoms with Gasteiger partial charge in [-0.15, -0.1) is 0 Å². The van der Waals surface area contributed by atoms with E-state index in [2.05, 4.69) is 4.18 Å². The summed E-state index contributed by atoms with van der Waals surface area (Å²) in [4.78, 5) is 10.9. The average Bonchev–Trinajstić information content (AvgIpc) is 3.30. The van der Waals surface area contributed by atoms with E-state index in [1.54, 1.807) is 0 Å². The highest BCUT2D eigenvalue weighted by atomic mass is 32.2. The van der Waals surface area contributed by atoms with Crippen LogP contribution >= 0.6 is 0 Å². The molecule has 0 aromatic heterocycles. The zero-order chi connectivity index (χ0) is 21.2. The summed E-state index contributed by atoms with van der Waals surface area (Å²) in [6.45, 7) is 2.22. The quantitative estimate of drug-likeness (QED) is 0.474. The lowest BCUT2D eigenvalue weighted by Crippen LogP contribution is -2.35. The SMILES string of the molecule is O=C1CCC2(CC1)OCCO2.O=S(=O)(OC1=CCC2(CC1)OCCO2)C(F)(F)F. The van der Waals surface area contributed by atoms with Crippen molar-refractivity contribution in [3.63, 3.8) is 0 Å². The van der Waals surface area contributed by atoms with Gasteiger partial charge in [-0.1, -0.05) is 0 Å². The van der Waals surface area contributed by atoms with Crippen molar-refractivity contribution >= 4 is 15.9 Å². The van der Waals surface area contributed by atoms with Crippen molar-refractivity contribution in [1.82, 2.24) is 0 Å². The van der Waals surface area contributed by atoms with Gasteiger partial charge in [0.25, 0.3) is 0 Å². The molecule has 4 rings (SSSR count). The van der Waals surface area contributed by atoms with Gasteiger partial charge in [-0.25, -0.2) is 0 Å². The van der Waals surface area contributed by atoms with Gasteiger partial charge < -0.3 is 23.1 Å². The van der Waals surface area contributed by atoms with E-state index in [4.69, 9.17) is 18.9 Å². The lowest BCUT2D eigenvalue weighted by atomic mass is 9.93. The first-order valence-corrected chi connectivity index (χ1v) is 10.7. The standard InChI is InChI=1S/C9H11F3O5S.C8H12O3/c10-9(11,12)18(13,14)17-7-1-3-8(4-2-7)15-5-6-16-8;9-7-1-3-8(4-2-7)10-5-6-11-8/h1H,2-6H2;1-6H2. The molecule has 0 aromatic rings. The predicted octanol–water partition coefficient (Wildman–Crippen LogP) is 2.54. The molecule has 0 bridgehead atoms. The van der Waals surface area contributed by atoms with Crippen LogP contribution in [0.5, 0.6) is 0 Å². The van der Waals surface area contributed by atoms with Crippen LogP contribution in [0.4, 0.5) is 13.2 Å². The maximum atomic E-state index is 12.1. The summed E-state index contributed by atoms with van der Waals surface area (Å²) in [5, 5.41) is 0. The Morgan fingerprint density at radius 3 is 1.79 bits per heavy atom. The van der Waals surface area contributed by atoms with E-state index in [1.165, 1.54) is 6.08 Å². The highest BCUT2D eigenvalue weighted by Gasteiger charge is 2.49. The number of alkyl halides is 3. The van der Waals surface area contributed by atoms with Crippen molar-refractivity contribution in [3.05, 3.63) is 11.8 Å². The Morgan fingerprint density at radius 2 is 1.34 bits per heavy atom. The van der Waals surface area contributed by atoms with Gasteiger partial charge in [-0.2, -0.15) is 21.6 Å². The van der Waals surface area contributed by atoms with Crippen LogP contribution < -0.4 is 0 Å². The Kier molecular flexibility index (Phi) is 6.59. The van der Waals surface area contributed by atoms with Crippen molar-refractivity contribution in [2.75, 3.05) is 26.4 Å². The number of ketones is 1. The zero-order valence-corrected chi connectivity index (χ0v) is 16.5. The summed E-state index contributed by atoms with van der Waals surface area (Å²) in [6.07, 6.45) is 4.49. The summed E-state index contributed by atoms with van der Waals surface area (Å²) in [6, 6.07) is 0. The fraction of sp³-hybridized carbons (Fsp3) is 0.824. The Labute approximate surface area is 166 Å². The number of carbonyl (C=O) groups excluding carboxylic acids is 1. The third-order valence-corrected chi connectivity index (χ3v) is 6.09. The molecule has 0 atom stereocenters.